The standard InChI is InChI=1S/C14H22BrNO2/c1-10(2)16(7-4-8-17)14-9-12(15)5-6-13(14)11(3)18/h5-6,9-11,17-18H,4,7-8H2,1-3H3. The van der Waals surface area contributed by atoms with Gasteiger partial charge in [-0.1, -0.05) is 22.0 Å². The van der Waals surface area contributed by atoms with E-state index < -0.39 is 6.10 Å². The Labute approximate surface area is 118 Å². The van der Waals surface area contributed by atoms with Gasteiger partial charge < -0.3 is 15.1 Å². The van der Waals surface area contributed by atoms with Gasteiger partial charge in [0.15, 0.2) is 0 Å². The summed E-state index contributed by atoms with van der Waals surface area (Å²) in [5.74, 6) is 0. The summed E-state index contributed by atoms with van der Waals surface area (Å²) in [7, 11) is 0. The van der Waals surface area contributed by atoms with Crippen LogP contribution in [0.1, 0.15) is 38.9 Å². The van der Waals surface area contributed by atoms with E-state index in [1.165, 1.54) is 0 Å². The van der Waals surface area contributed by atoms with Gasteiger partial charge in [-0.15, -0.1) is 0 Å². The maximum Gasteiger partial charge on any atom is 0.0782 e. The molecule has 0 amide bonds. The number of halogens is 1. The molecule has 2 N–H and O–H groups in total. The van der Waals surface area contributed by atoms with E-state index in [1.807, 2.05) is 18.2 Å². The molecule has 102 valence electrons. The smallest absolute Gasteiger partial charge is 0.0782 e. The first-order valence-electron chi connectivity index (χ1n) is 6.32. The summed E-state index contributed by atoms with van der Waals surface area (Å²) in [6, 6.07) is 6.23. The second kappa shape index (κ2) is 7.12. The molecular formula is C14H22BrNO2. The van der Waals surface area contributed by atoms with Gasteiger partial charge in [-0.25, -0.2) is 0 Å². The normalized spacial score (nSPS) is 12.8. The highest BCUT2D eigenvalue weighted by molar-refractivity contribution is 9.10. The summed E-state index contributed by atoms with van der Waals surface area (Å²) in [5, 5.41) is 18.9. The first-order valence-corrected chi connectivity index (χ1v) is 7.11. The SMILES string of the molecule is CC(O)c1ccc(Br)cc1N(CCCO)C(C)C. The lowest BCUT2D eigenvalue weighted by atomic mass is 10.1. The number of hydrogen-bond donors (Lipinski definition) is 2. The molecule has 1 rings (SSSR count). The van der Waals surface area contributed by atoms with Crippen LogP contribution in [0.3, 0.4) is 0 Å². The van der Waals surface area contributed by atoms with Crippen molar-refractivity contribution in [3.05, 3.63) is 28.2 Å². The van der Waals surface area contributed by atoms with Crippen molar-refractivity contribution < 1.29 is 10.2 Å². The second-order valence-corrected chi connectivity index (χ2v) is 5.66. The Balaban J connectivity index is 3.12. The van der Waals surface area contributed by atoms with Gasteiger partial charge in [-0.2, -0.15) is 0 Å². The fourth-order valence-electron chi connectivity index (χ4n) is 2.02. The molecule has 1 unspecified atom stereocenters. The van der Waals surface area contributed by atoms with Crippen molar-refractivity contribution >= 4 is 21.6 Å². The van der Waals surface area contributed by atoms with Crippen LogP contribution in [0.5, 0.6) is 0 Å². The monoisotopic (exact) mass is 315 g/mol. The van der Waals surface area contributed by atoms with Gasteiger partial charge in [0.1, 0.15) is 0 Å². The van der Waals surface area contributed by atoms with E-state index in [0.29, 0.717) is 6.04 Å². The minimum atomic E-state index is -0.497. The van der Waals surface area contributed by atoms with Crippen molar-refractivity contribution in [3.63, 3.8) is 0 Å². The molecule has 0 aliphatic rings. The number of aliphatic hydroxyl groups excluding tert-OH is 2. The van der Waals surface area contributed by atoms with Crippen LogP contribution in [0.25, 0.3) is 0 Å². The van der Waals surface area contributed by atoms with E-state index in [-0.39, 0.29) is 6.61 Å². The van der Waals surface area contributed by atoms with E-state index in [4.69, 9.17) is 5.11 Å². The molecule has 3 nitrogen and oxygen atoms in total. The van der Waals surface area contributed by atoms with Gasteiger partial charge >= 0.3 is 0 Å². The van der Waals surface area contributed by atoms with Crippen molar-refractivity contribution in [2.75, 3.05) is 18.1 Å². The minimum Gasteiger partial charge on any atom is -0.396 e. The molecule has 1 aromatic rings. The molecule has 0 aliphatic carbocycles. The summed E-state index contributed by atoms with van der Waals surface area (Å²) in [6.07, 6.45) is 0.229. The van der Waals surface area contributed by atoms with Crippen LogP contribution in [-0.2, 0) is 0 Å². The van der Waals surface area contributed by atoms with E-state index >= 15 is 0 Å². The Kier molecular flexibility index (Phi) is 6.12. The molecule has 0 aromatic heterocycles. The fourth-order valence-corrected chi connectivity index (χ4v) is 2.37. The van der Waals surface area contributed by atoms with Gasteiger partial charge in [0, 0.05) is 34.9 Å². The Hall–Kier alpha value is -0.580. The third-order valence-electron chi connectivity index (χ3n) is 2.93. The van der Waals surface area contributed by atoms with Crippen molar-refractivity contribution in [2.24, 2.45) is 0 Å². The van der Waals surface area contributed by atoms with Crippen molar-refractivity contribution in [1.82, 2.24) is 0 Å². The van der Waals surface area contributed by atoms with Crippen LogP contribution >= 0.6 is 15.9 Å². The van der Waals surface area contributed by atoms with E-state index in [0.717, 1.165) is 28.7 Å². The number of rotatable bonds is 6. The van der Waals surface area contributed by atoms with Gasteiger partial charge in [0.05, 0.1) is 6.10 Å². The molecule has 1 aromatic carbocycles. The number of hydrogen-bond acceptors (Lipinski definition) is 3. The zero-order valence-corrected chi connectivity index (χ0v) is 12.8. The van der Waals surface area contributed by atoms with Crippen LogP contribution in [0.4, 0.5) is 5.69 Å². The van der Waals surface area contributed by atoms with Gasteiger partial charge in [-0.05, 0) is 39.3 Å². The van der Waals surface area contributed by atoms with Gasteiger partial charge in [-0.3, -0.25) is 0 Å². The topological polar surface area (TPSA) is 43.7 Å². The Morgan fingerprint density at radius 3 is 2.44 bits per heavy atom. The average molecular weight is 316 g/mol. The quantitative estimate of drug-likeness (QED) is 0.847. The van der Waals surface area contributed by atoms with Gasteiger partial charge in [0.2, 0.25) is 0 Å². The molecular weight excluding hydrogens is 294 g/mol. The molecule has 4 heteroatoms. The highest BCUT2D eigenvalue weighted by atomic mass is 79.9. The number of aliphatic hydroxyl groups is 2. The molecule has 0 fully saturated rings. The van der Waals surface area contributed by atoms with Crippen molar-refractivity contribution in [1.29, 1.82) is 0 Å². The molecule has 0 heterocycles. The van der Waals surface area contributed by atoms with Gasteiger partial charge in [0.25, 0.3) is 0 Å². The molecule has 18 heavy (non-hydrogen) atoms. The maximum atomic E-state index is 9.86. The van der Waals surface area contributed by atoms with E-state index in [1.54, 1.807) is 6.92 Å². The lowest BCUT2D eigenvalue weighted by molar-refractivity contribution is 0.199. The fraction of sp³-hybridized carbons (Fsp3) is 0.571. The summed E-state index contributed by atoms with van der Waals surface area (Å²) in [5.41, 5.74) is 1.95. The summed E-state index contributed by atoms with van der Waals surface area (Å²) < 4.78 is 0.997. The average Bonchev–Trinajstić information content (AvgIpc) is 2.28. The molecule has 0 aliphatic heterocycles. The largest absolute Gasteiger partial charge is 0.396 e. The molecule has 0 saturated carbocycles. The molecule has 1 atom stereocenters. The van der Waals surface area contributed by atoms with E-state index in [9.17, 15) is 5.11 Å². The van der Waals surface area contributed by atoms with Crippen LogP contribution in [-0.4, -0.2) is 29.4 Å². The minimum absolute atomic E-state index is 0.182. The Bertz CT molecular complexity index is 380. The lowest BCUT2D eigenvalue weighted by Crippen LogP contribution is -2.33. The Morgan fingerprint density at radius 2 is 1.94 bits per heavy atom. The first-order chi connectivity index (χ1) is 8.47. The summed E-state index contributed by atoms with van der Waals surface area (Å²) in [4.78, 5) is 2.21. The number of benzene rings is 1. The summed E-state index contributed by atoms with van der Waals surface area (Å²) in [6.45, 7) is 6.97. The van der Waals surface area contributed by atoms with E-state index in [2.05, 4.69) is 34.7 Å². The maximum absolute atomic E-state index is 9.86. The zero-order chi connectivity index (χ0) is 13.7. The highest BCUT2D eigenvalue weighted by Crippen LogP contribution is 2.31. The third-order valence-corrected chi connectivity index (χ3v) is 3.43. The lowest BCUT2D eigenvalue weighted by Gasteiger charge is -2.31. The first kappa shape index (κ1) is 15.5. The summed E-state index contributed by atoms with van der Waals surface area (Å²) >= 11 is 3.47. The predicted octanol–water partition coefficient (Wildman–Crippen LogP) is 3.10. The highest BCUT2D eigenvalue weighted by Gasteiger charge is 2.17. The third kappa shape index (κ3) is 3.97. The molecule has 0 spiro atoms. The van der Waals surface area contributed by atoms with Crippen LogP contribution in [0, 0.1) is 0 Å². The predicted molar refractivity (Wildman–Crippen MR) is 79.0 cm³/mol. The number of nitrogens with zero attached hydrogens (tertiary/aromatic N) is 1. The molecule has 0 bridgehead atoms. The zero-order valence-electron chi connectivity index (χ0n) is 11.2. The van der Waals surface area contributed by atoms with Crippen molar-refractivity contribution in [3.8, 4) is 0 Å². The Morgan fingerprint density at radius 1 is 1.28 bits per heavy atom. The van der Waals surface area contributed by atoms with Crippen LogP contribution in [0.2, 0.25) is 0 Å². The van der Waals surface area contributed by atoms with Crippen LogP contribution in [0.15, 0.2) is 22.7 Å². The van der Waals surface area contributed by atoms with Crippen molar-refractivity contribution in [2.45, 2.75) is 39.3 Å². The molecule has 0 radical (unpaired) electrons. The van der Waals surface area contributed by atoms with Crippen LogP contribution < -0.4 is 4.90 Å². The molecule has 0 saturated heterocycles. The number of anilines is 1. The second-order valence-electron chi connectivity index (χ2n) is 4.74.